The quantitative estimate of drug-likeness (QED) is 0.264. The highest BCUT2D eigenvalue weighted by molar-refractivity contribution is 5.92. The summed E-state index contributed by atoms with van der Waals surface area (Å²) < 4.78 is 0. The minimum Gasteiger partial charge on any atom is -0.479 e. The summed E-state index contributed by atoms with van der Waals surface area (Å²) in [6.07, 6.45) is -0.297. The lowest BCUT2D eigenvalue weighted by molar-refractivity contribution is -0.150. The topological polar surface area (TPSA) is 142 Å². The molecule has 0 radical (unpaired) electrons. The second-order valence-corrected chi connectivity index (χ2v) is 10.1. The minimum atomic E-state index is -1.56. The largest absolute Gasteiger partial charge is 0.479 e. The number of benzene rings is 2. The van der Waals surface area contributed by atoms with Gasteiger partial charge in [-0.25, -0.2) is 4.79 Å². The molecule has 0 bridgehead atoms. The molecule has 37 heavy (non-hydrogen) atoms. The zero-order valence-corrected chi connectivity index (χ0v) is 22.2. The summed E-state index contributed by atoms with van der Waals surface area (Å²) in [5.41, 5.74) is 6.28. The van der Waals surface area contributed by atoms with Crippen molar-refractivity contribution in [2.75, 3.05) is 0 Å². The zero-order valence-electron chi connectivity index (χ0n) is 22.2. The maximum Gasteiger partial charge on any atom is 0.330 e. The number of rotatable bonds is 14. The predicted octanol–water partition coefficient (Wildman–Crippen LogP) is 2.68. The zero-order chi connectivity index (χ0) is 27.6. The van der Waals surface area contributed by atoms with Crippen LogP contribution in [0.3, 0.4) is 0 Å². The van der Waals surface area contributed by atoms with Crippen LogP contribution in [0, 0.1) is 11.8 Å². The van der Waals surface area contributed by atoms with Gasteiger partial charge in [0, 0.05) is 12.5 Å². The van der Waals surface area contributed by atoms with Gasteiger partial charge in [0.25, 0.3) is 0 Å². The Hall–Kier alpha value is -3.23. The molecular weight excluding hydrogens is 470 g/mol. The first-order valence-corrected chi connectivity index (χ1v) is 12.9. The molecule has 0 fully saturated rings. The number of nitrogens with two attached hydrogens (primary N) is 1. The number of carboxylic acid groups (broad SMARTS) is 1. The Morgan fingerprint density at radius 1 is 0.946 bits per heavy atom. The van der Waals surface area contributed by atoms with E-state index in [0.29, 0.717) is 12.8 Å². The van der Waals surface area contributed by atoms with Crippen molar-refractivity contribution in [3.8, 4) is 0 Å². The normalized spacial score (nSPS) is 16.2. The lowest BCUT2D eigenvalue weighted by Gasteiger charge is -2.37. The fourth-order valence-corrected chi connectivity index (χ4v) is 4.28. The third-order valence-electron chi connectivity index (χ3n) is 7.05. The van der Waals surface area contributed by atoms with Crippen molar-refractivity contribution in [2.24, 2.45) is 17.6 Å². The molecular formula is C29H41N3O5. The van der Waals surface area contributed by atoms with Crippen molar-refractivity contribution in [2.45, 2.75) is 77.1 Å². The third-order valence-corrected chi connectivity index (χ3v) is 7.05. The van der Waals surface area contributed by atoms with Gasteiger partial charge in [0.2, 0.25) is 11.8 Å². The van der Waals surface area contributed by atoms with E-state index in [1.807, 2.05) is 74.5 Å². The average Bonchev–Trinajstić information content (AvgIpc) is 2.87. The van der Waals surface area contributed by atoms with E-state index in [2.05, 4.69) is 10.6 Å². The number of aliphatic carboxylic acids is 1. The molecule has 6 N–H and O–H groups in total. The first kappa shape index (κ1) is 30.0. The number of carboxylic acids is 1. The van der Waals surface area contributed by atoms with Crippen molar-refractivity contribution in [1.29, 1.82) is 0 Å². The summed E-state index contributed by atoms with van der Waals surface area (Å²) in [7, 11) is 0. The molecule has 202 valence electrons. The summed E-state index contributed by atoms with van der Waals surface area (Å²) >= 11 is 0. The molecule has 0 saturated heterocycles. The lowest BCUT2D eigenvalue weighted by atomic mass is 9.80. The van der Waals surface area contributed by atoms with E-state index in [1.165, 1.54) is 0 Å². The van der Waals surface area contributed by atoms with Crippen LogP contribution in [0.25, 0.3) is 0 Å². The molecule has 0 aliphatic heterocycles. The van der Waals surface area contributed by atoms with Crippen molar-refractivity contribution < 1.29 is 24.6 Å². The number of aliphatic hydroxyl groups excluding tert-OH is 1. The molecule has 0 heterocycles. The van der Waals surface area contributed by atoms with Gasteiger partial charge in [0.1, 0.15) is 11.6 Å². The van der Waals surface area contributed by atoms with Gasteiger partial charge in [0.05, 0.1) is 12.5 Å². The number of carbonyl (C=O) groups is 3. The Balaban J connectivity index is 2.15. The van der Waals surface area contributed by atoms with Crippen molar-refractivity contribution in [3.05, 3.63) is 71.8 Å². The van der Waals surface area contributed by atoms with E-state index in [0.717, 1.165) is 11.1 Å². The van der Waals surface area contributed by atoms with Gasteiger partial charge < -0.3 is 26.6 Å². The van der Waals surface area contributed by atoms with Crippen molar-refractivity contribution >= 4 is 17.8 Å². The van der Waals surface area contributed by atoms with Gasteiger partial charge in [-0.1, -0.05) is 94.8 Å². The second-order valence-electron chi connectivity index (χ2n) is 10.1. The Kier molecular flexibility index (Phi) is 11.3. The number of nitrogens with one attached hydrogen (secondary N) is 2. The molecule has 5 atom stereocenters. The van der Waals surface area contributed by atoms with Gasteiger partial charge in [-0.05, 0) is 29.4 Å². The van der Waals surface area contributed by atoms with E-state index in [-0.39, 0.29) is 18.8 Å². The van der Waals surface area contributed by atoms with E-state index >= 15 is 0 Å². The van der Waals surface area contributed by atoms with Gasteiger partial charge in [0.15, 0.2) is 0 Å². The SMILES string of the molecule is CC[C@H](C)[C@H](NC(=O)C[C@H](O)[C@@H](N)Cc1ccccc1)C(=O)N[C@](Cc1ccccc1)(C(=O)O)C(C)C. The van der Waals surface area contributed by atoms with Crippen LogP contribution in [0.5, 0.6) is 0 Å². The molecule has 0 saturated carbocycles. The van der Waals surface area contributed by atoms with Crippen LogP contribution in [0.15, 0.2) is 60.7 Å². The first-order chi connectivity index (χ1) is 17.5. The highest BCUT2D eigenvalue weighted by Crippen LogP contribution is 2.24. The Bertz CT molecular complexity index is 1010. The molecule has 0 aliphatic carbocycles. The third kappa shape index (κ3) is 8.40. The smallest absolute Gasteiger partial charge is 0.330 e. The van der Waals surface area contributed by atoms with E-state index in [1.54, 1.807) is 13.8 Å². The van der Waals surface area contributed by atoms with Crippen LogP contribution in [0.4, 0.5) is 0 Å². The highest BCUT2D eigenvalue weighted by Gasteiger charge is 2.45. The molecule has 2 amide bonds. The molecule has 0 aliphatic rings. The van der Waals surface area contributed by atoms with Crippen LogP contribution < -0.4 is 16.4 Å². The number of hydrogen-bond acceptors (Lipinski definition) is 5. The molecule has 8 nitrogen and oxygen atoms in total. The summed E-state index contributed by atoms with van der Waals surface area (Å²) in [5, 5.41) is 26.2. The minimum absolute atomic E-state index is 0.0980. The average molecular weight is 512 g/mol. The summed E-state index contributed by atoms with van der Waals surface area (Å²) in [6.45, 7) is 7.20. The molecule has 0 unspecified atom stereocenters. The van der Waals surface area contributed by atoms with E-state index in [9.17, 15) is 24.6 Å². The fourth-order valence-electron chi connectivity index (χ4n) is 4.28. The molecule has 0 aromatic heterocycles. The standard InChI is InChI=1S/C29H41N3O5/c1-5-20(4)26(31-25(34)17-24(33)23(30)16-21-12-8-6-9-13-21)27(35)32-29(19(2)3,28(36)37)18-22-14-10-7-11-15-22/h6-15,19-20,23-24,26,33H,5,16-18,30H2,1-4H3,(H,31,34)(H,32,35)(H,36,37)/t20-,23-,24-,26-,29-/m0/s1. The number of aliphatic hydroxyl groups is 1. The van der Waals surface area contributed by atoms with Gasteiger partial charge in [-0.15, -0.1) is 0 Å². The molecule has 2 aromatic rings. The van der Waals surface area contributed by atoms with Gasteiger partial charge in [-0.2, -0.15) is 0 Å². The van der Waals surface area contributed by atoms with E-state index in [4.69, 9.17) is 5.73 Å². The number of amides is 2. The van der Waals surface area contributed by atoms with Crippen molar-refractivity contribution in [1.82, 2.24) is 10.6 Å². The number of carbonyl (C=O) groups excluding carboxylic acids is 2. The van der Waals surface area contributed by atoms with Crippen LogP contribution >= 0.6 is 0 Å². The van der Waals surface area contributed by atoms with Crippen LogP contribution in [0.1, 0.15) is 51.7 Å². The predicted molar refractivity (Wildman–Crippen MR) is 144 cm³/mol. The summed E-state index contributed by atoms with van der Waals surface area (Å²) in [5.74, 6) is -2.94. The first-order valence-electron chi connectivity index (χ1n) is 12.9. The van der Waals surface area contributed by atoms with Crippen LogP contribution in [-0.2, 0) is 27.2 Å². The van der Waals surface area contributed by atoms with Crippen LogP contribution in [-0.4, -0.2) is 51.7 Å². The van der Waals surface area contributed by atoms with E-state index < -0.39 is 47.4 Å². The van der Waals surface area contributed by atoms with Crippen molar-refractivity contribution in [3.63, 3.8) is 0 Å². The monoisotopic (exact) mass is 511 g/mol. The summed E-state index contributed by atoms with van der Waals surface area (Å²) in [6, 6.07) is 16.9. The Morgan fingerprint density at radius 2 is 1.49 bits per heavy atom. The lowest BCUT2D eigenvalue weighted by Crippen LogP contribution is -2.64. The molecule has 2 aromatic carbocycles. The van der Waals surface area contributed by atoms with Gasteiger partial charge >= 0.3 is 5.97 Å². The fraction of sp³-hybridized carbons (Fsp3) is 0.483. The van der Waals surface area contributed by atoms with Crippen LogP contribution in [0.2, 0.25) is 0 Å². The highest BCUT2D eigenvalue weighted by atomic mass is 16.4. The maximum absolute atomic E-state index is 13.5. The molecule has 0 spiro atoms. The second kappa shape index (κ2) is 13.9. The number of hydrogen-bond donors (Lipinski definition) is 5. The summed E-state index contributed by atoms with van der Waals surface area (Å²) in [4.78, 5) is 38.8. The molecule has 2 rings (SSSR count). The Labute approximate surface area is 219 Å². The molecule has 8 heteroatoms. The maximum atomic E-state index is 13.5. The Morgan fingerprint density at radius 3 is 1.97 bits per heavy atom. The van der Waals surface area contributed by atoms with Gasteiger partial charge in [-0.3, -0.25) is 9.59 Å².